The number of aryl methyl sites for hydroxylation is 2. The molecule has 1 aromatic carbocycles. The third-order valence-electron chi connectivity index (χ3n) is 5.61. The van der Waals surface area contributed by atoms with Gasteiger partial charge in [0.1, 0.15) is 16.4 Å². The summed E-state index contributed by atoms with van der Waals surface area (Å²) in [6.07, 6.45) is 0.159. The highest BCUT2D eigenvalue weighted by atomic mass is 35.5. The van der Waals surface area contributed by atoms with E-state index in [1.165, 1.54) is 10.4 Å². The van der Waals surface area contributed by atoms with Crippen molar-refractivity contribution >= 4 is 34.6 Å². The summed E-state index contributed by atoms with van der Waals surface area (Å²) in [7, 11) is 0. The van der Waals surface area contributed by atoms with Crippen LogP contribution in [0.2, 0.25) is 5.02 Å². The Balaban J connectivity index is 1.98. The lowest BCUT2D eigenvalue weighted by molar-refractivity contribution is -0.123. The van der Waals surface area contributed by atoms with E-state index in [9.17, 15) is 4.79 Å². The van der Waals surface area contributed by atoms with E-state index in [4.69, 9.17) is 16.6 Å². The Morgan fingerprint density at radius 1 is 1.16 bits per heavy atom. The Morgan fingerprint density at radius 3 is 2.44 bits per heavy atom. The molecule has 0 aliphatic carbocycles. The first kappa shape index (κ1) is 22.7. The quantitative estimate of drug-likeness (QED) is 0.567. The molecule has 6 nitrogen and oxygen atoms in total. The fourth-order valence-corrected chi connectivity index (χ4v) is 5.40. The molecule has 3 heterocycles. The van der Waals surface area contributed by atoms with Crippen LogP contribution in [0.1, 0.15) is 67.3 Å². The molecule has 168 valence electrons. The number of aromatic nitrogens is 3. The standard InChI is InChI=1S/C24H28ClN5OS/c1-13-14(2)32-21-19(13)20(16-8-10-17(25)11-9-16)27-24(7,12-18(31)26-23(4,5)6)22-29-28-15(3)30(21)22/h8-11H,12H2,1-7H3,(H,26,31). The summed E-state index contributed by atoms with van der Waals surface area (Å²) in [5.41, 5.74) is 2.78. The Labute approximate surface area is 197 Å². The topological polar surface area (TPSA) is 72.2 Å². The van der Waals surface area contributed by atoms with Gasteiger partial charge in [-0.1, -0.05) is 23.7 Å². The Kier molecular flexibility index (Phi) is 5.54. The molecule has 4 rings (SSSR count). The second-order valence-corrected chi connectivity index (χ2v) is 11.2. The fraction of sp³-hybridized carbons (Fsp3) is 0.417. The van der Waals surface area contributed by atoms with Gasteiger partial charge >= 0.3 is 0 Å². The van der Waals surface area contributed by atoms with Gasteiger partial charge in [0.2, 0.25) is 5.91 Å². The number of rotatable bonds is 3. The van der Waals surface area contributed by atoms with E-state index >= 15 is 0 Å². The average Bonchev–Trinajstić information content (AvgIpc) is 3.16. The number of halogens is 1. The van der Waals surface area contributed by atoms with Crippen LogP contribution < -0.4 is 5.32 Å². The van der Waals surface area contributed by atoms with Crippen molar-refractivity contribution in [2.45, 2.75) is 66.0 Å². The number of aliphatic imine (C=N–C) groups is 1. The Bertz CT molecular complexity index is 1230. The maximum atomic E-state index is 13.0. The van der Waals surface area contributed by atoms with Crippen LogP contribution in [0, 0.1) is 20.8 Å². The van der Waals surface area contributed by atoms with Crippen molar-refractivity contribution in [3.8, 4) is 5.00 Å². The van der Waals surface area contributed by atoms with E-state index in [1.807, 2.05) is 58.9 Å². The van der Waals surface area contributed by atoms with Crippen LogP contribution in [-0.2, 0) is 10.3 Å². The first-order valence-electron chi connectivity index (χ1n) is 10.6. The Morgan fingerprint density at radius 2 is 1.81 bits per heavy atom. The second kappa shape index (κ2) is 7.81. The smallest absolute Gasteiger partial charge is 0.223 e. The molecule has 1 aliphatic heterocycles. The van der Waals surface area contributed by atoms with E-state index in [-0.39, 0.29) is 17.9 Å². The summed E-state index contributed by atoms with van der Waals surface area (Å²) in [6.45, 7) is 14.0. The minimum atomic E-state index is -0.898. The average molecular weight is 470 g/mol. The third-order valence-corrected chi connectivity index (χ3v) is 7.05. The lowest BCUT2D eigenvalue weighted by atomic mass is 9.94. The molecule has 1 atom stereocenters. The number of carbonyl (C=O) groups is 1. The van der Waals surface area contributed by atoms with Crippen LogP contribution >= 0.6 is 22.9 Å². The Hall–Kier alpha value is -2.51. The number of hydrogen-bond donors (Lipinski definition) is 1. The predicted octanol–water partition coefficient (Wildman–Crippen LogP) is 5.28. The highest BCUT2D eigenvalue weighted by Gasteiger charge is 2.41. The van der Waals surface area contributed by atoms with Crippen molar-refractivity contribution in [2.24, 2.45) is 4.99 Å². The molecule has 1 N–H and O–H groups in total. The van der Waals surface area contributed by atoms with Crippen molar-refractivity contribution in [2.75, 3.05) is 0 Å². The first-order chi connectivity index (χ1) is 14.9. The number of hydrogen-bond acceptors (Lipinski definition) is 5. The predicted molar refractivity (Wildman–Crippen MR) is 130 cm³/mol. The summed E-state index contributed by atoms with van der Waals surface area (Å²) in [5, 5.41) is 13.6. The zero-order valence-electron chi connectivity index (χ0n) is 19.5. The number of carbonyl (C=O) groups excluding carboxylic acids is 1. The first-order valence-corrected chi connectivity index (χ1v) is 11.8. The molecular weight excluding hydrogens is 442 g/mol. The van der Waals surface area contributed by atoms with Gasteiger partial charge in [0.05, 0.1) is 12.1 Å². The molecular formula is C24H28ClN5OS. The molecule has 0 saturated carbocycles. The van der Waals surface area contributed by atoms with E-state index in [0.717, 1.165) is 27.7 Å². The van der Waals surface area contributed by atoms with Gasteiger partial charge in [-0.05, 0) is 66.2 Å². The van der Waals surface area contributed by atoms with Gasteiger partial charge in [0.15, 0.2) is 5.82 Å². The largest absolute Gasteiger partial charge is 0.351 e. The van der Waals surface area contributed by atoms with Gasteiger partial charge < -0.3 is 5.32 Å². The molecule has 0 radical (unpaired) electrons. The zero-order valence-corrected chi connectivity index (χ0v) is 21.1. The third kappa shape index (κ3) is 3.99. The van der Waals surface area contributed by atoms with Crippen LogP contribution in [0.25, 0.3) is 5.00 Å². The summed E-state index contributed by atoms with van der Waals surface area (Å²) in [5.74, 6) is 1.37. The molecule has 1 aliphatic rings. The number of nitrogens with zero attached hydrogens (tertiary/aromatic N) is 4. The maximum absolute atomic E-state index is 13.0. The van der Waals surface area contributed by atoms with Crippen molar-refractivity contribution in [3.63, 3.8) is 0 Å². The van der Waals surface area contributed by atoms with Gasteiger partial charge in [-0.2, -0.15) is 0 Å². The van der Waals surface area contributed by atoms with Gasteiger partial charge in [0, 0.05) is 26.6 Å². The van der Waals surface area contributed by atoms with Gasteiger partial charge in [-0.15, -0.1) is 21.5 Å². The molecule has 32 heavy (non-hydrogen) atoms. The summed E-state index contributed by atoms with van der Waals surface area (Å²) in [6, 6.07) is 7.69. The molecule has 0 fully saturated rings. The van der Waals surface area contributed by atoms with E-state index in [0.29, 0.717) is 10.8 Å². The lowest BCUT2D eigenvalue weighted by Gasteiger charge is -2.27. The monoisotopic (exact) mass is 469 g/mol. The SMILES string of the molecule is Cc1sc2c(c1C)C(c1ccc(Cl)cc1)=NC(C)(CC(=O)NC(C)(C)C)c1nnc(C)n1-2. The normalized spacial score (nSPS) is 17.9. The highest BCUT2D eigenvalue weighted by molar-refractivity contribution is 7.15. The van der Waals surface area contributed by atoms with Crippen LogP contribution in [0.15, 0.2) is 29.3 Å². The van der Waals surface area contributed by atoms with Crippen molar-refractivity contribution < 1.29 is 4.79 Å². The van der Waals surface area contributed by atoms with Crippen molar-refractivity contribution in [1.82, 2.24) is 20.1 Å². The fourth-order valence-electron chi connectivity index (χ4n) is 4.06. The van der Waals surface area contributed by atoms with Gasteiger partial charge in [0.25, 0.3) is 0 Å². The van der Waals surface area contributed by atoms with Crippen LogP contribution in [0.5, 0.6) is 0 Å². The number of nitrogens with one attached hydrogen (secondary N) is 1. The molecule has 0 saturated heterocycles. The lowest BCUT2D eigenvalue weighted by Crippen LogP contribution is -2.43. The number of amides is 1. The molecule has 1 unspecified atom stereocenters. The molecule has 0 bridgehead atoms. The molecule has 0 spiro atoms. The van der Waals surface area contributed by atoms with Crippen LogP contribution in [-0.4, -0.2) is 31.9 Å². The van der Waals surface area contributed by atoms with E-state index in [2.05, 4.69) is 33.9 Å². The summed E-state index contributed by atoms with van der Waals surface area (Å²) < 4.78 is 2.07. The zero-order chi connectivity index (χ0) is 23.4. The highest BCUT2D eigenvalue weighted by Crippen LogP contribution is 2.42. The maximum Gasteiger partial charge on any atom is 0.223 e. The number of benzene rings is 1. The van der Waals surface area contributed by atoms with E-state index < -0.39 is 5.54 Å². The minimum absolute atomic E-state index is 0.0791. The number of fused-ring (bicyclic) bond motifs is 3. The van der Waals surface area contributed by atoms with E-state index in [1.54, 1.807) is 11.3 Å². The minimum Gasteiger partial charge on any atom is -0.351 e. The number of thiophene rings is 1. The van der Waals surface area contributed by atoms with Crippen LogP contribution in [0.3, 0.4) is 0 Å². The molecule has 2 aromatic heterocycles. The van der Waals surface area contributed by atoms with Crippen molar-refractivity contribution in [3.05, 3.63) is 62.5 Å². The molecule has 8 heteroatoms. The molecule has 3 aromatic rings. The van der Waals surface area contributed by atoms with Crippen molar-refractivity contribution in [1.29, 1.82) is 0 Å². The second-order valence-electron chi connectivity index (χ2n) is 9.59. The summed E-state index contributed by atoms with van der Waals surface area (Å²) in [4.78, 5) is 19.5. The molecule has 1 amide bonds. The van der Waals surface area contributed by atoms with Gasteiger partial charge in [-0.3, -0.25) is 14.4 Å². The summed E-state index contributed by atoms with van der Waals surface area (Å²) >= 11 is 7.87. The van der Waals surface area contributed by atoms with Gasteiger partial charge in [-0.25, -0.2) is 0 Å². The van der Waals surface area contributed by atoms with Crippen LogP contribution in [0.4, 0.5) is 0 Å².